The summed E-state index contributed by atoms with van der Waals surface area (Å²) in [7, 11) is 1.27. The normalized spacial score (nSPS) is 10.9. The number of anilines is 1. The van der Waals surface area contributed by atoms with E-state index < -0.39 is 11.9 Å². The summed E-state index contributed by atoms with van der Waals surface area (Å²) in [6.45, 7) is 1.88. The van der Waals surface area contributed by atoms with Crippen molar-refractivity contribution in [3.63, 3.8) is 0 Å². The summed E-state index contributed by atoms with van der Waals surface area (Å²) < 4.78 is 10.1. The van der Waals surface area contributed by atoms with Gasteiger partial charge in [0, 0.05) is 6.08 Å². The molecular formula is C21H17NO5. The number of benzene rings is 2. The van der Waals surface area contributed by atoms with E-state index in [4.69, 9.17) is 9.15 Å². The number of fused-ring (bicyclic) bond motifs is 1. The molecule has 0 aliphatic carbocycles. The van der Waals surface area contributed by atoms with Crippen molar-refractivity contribution in [2.45, 2.75) is 6.92 Å². The lowest BCUT2D eigenvalue weighted by Crippen LogP contribution is -2.13. The van der Waals surface area contributed by atoms with E-state index in [1.54, 1.807) is 36.4 Å². The number of aryl methyl sites for hydroxylation is 1. The first-order valence-corrected chi connectivity index (χ1v) is 8.18. The summed E-state index contributed by atoms with van der Waals surface area (Å²) in [5.41, 5.74) is 2.01. The van der Waals surface area contributed by atoms with Gasteiger partial charge in [-0.1, -0.05) is 23.8 Å². The minimum atomic E-state index is -0.555. The molecule has 0 atom stereocenters. The minimum Gasteiger partial charge on any atom is -0.465 e. The maximum absolute atomic E-state index is 12.5. The summed E-state index contributed by atoms with van der Waals surface area (Å²) in [6.07, 6.45) is 3.90. The van der Waals surface area contributed by atoms with Crippen LogP contribution in [0.1, 0.15) is 21.5 Å². The van der Waals surface area contributed by atoms with Crippen LogP contribution in [0, 0.1) is 6.92 Å². The van der Waals surface area contributed by atoms with E-state index in [1.807, 2.05) is 13.0 Å². The number of ether oxygens (including phenoxy) is 1. The Bertz CT molecular complexity index is 1110. The van der Waals surface area contributed by atoms with Crippen LogP contribution in [0.25, 0.3) is 17.0 Å². The van der Waals surface area contributed by atoms with Crippen molar-refractivity contribution in [1.29, 1.82) is 0 Å². The quantitative estimate of drug-likeness (QED) is 0.566. The van der Waals surface area contributed by atoms with E-state index in [0.717, 1.165) is 5.56 Å². The zero-order chi connectivity index (χ0) is 19.4. The monoisotopic (exact) mass is 363 g/mol. The van der Waals surface area contributed by atoms with Crippen LogP contribution >= 0.6 is 0 Å². The molecule has 0 fully saturated rings. The molecule has 0 bridgehead atoms. The highest BCUT2D eigenvalue weighted by Gasteiger charge is 2.12. The lowest BCUT2D eigenvalue weighted by molar-refractivity contribution is -0.111. The zero-order valence-corrected chi connectivity index (χ0v) is 14.8. The van der Waals surface area contributed by atoms with Gasteiger partial charge in [0.2, 0.25) is 5.91 Å². The highest BCUT2D eigenvalue weighted by atomic mass is 16.5. The Morgan fingerprint density at radius 1 is 1.15 bits per heavy atom. The van der Waals surface area contributed by atoms with Crippen molar-refractivity contribution < 1.29 is 18.7 Å². The van der Waals surface area contributed by atoms with Crippen molar-refractivity contribution >= 4 is 34.6 Å². The standard InChI is InChI=1S/C21H17NO5/c1-13-7-9-18-16(11-13)20(24)14(12-27-18)8-10-19(23)22-17-6-4-3-5-15(17)21(25)26-2/h3-12H,1-2H3,(H,22,23)/b10-8+. The summed E-state index contributed by atoms with van der Waals surface area (Å²) in [5, 5.41) is 3.05. The number of nitrogens with one attached hydrogen (secondary N) is 1. The van der Waals surface area contributed by atoms with Crippen LogP contribution in [0.15, 0.2) is 64.0 Å². The van der Waals surface area contributed by atoms with E-state index in [9.17, 15) is 14.4 Å². The van der Waals surface area contributed by atoms with Gasteiger partial charge in [0.25, 0.3) is 0 Å². The third-order valence-electron chi connectivity index (χ3n) is 3.96. The Labute approximate surface area is 155 Å². The molecular weight excluding hydrogens is 346 g/mol. The van der Waals surface area contributed by atoms with Crippen LogP contribution in [0.2, 0.25) is 0 Å². The molecule has 3 rings (SSSR count). The number of carbonyl (C=O) groups excluding carboxylic acids is 2. The van der Waals surface area contributed by atoms with Gasteiger partial charge in [-0.05, 0) is 37.3 Å². The molecule has 1 aromatic heterocycles. The fraction of sp³-hybridized carbons (Fsp3) is 0.0952. The topological polar surface area (TPSA) is 85.6 Å². The third kappa shape index (κ3) is 3.95. The Morgan fingerprint density at radius 3 is 2.70 bits per heavy atom. The molecule has 6 heteroatoms. The average Bonchev–Trinajstić information content (AvgIpc) is 2.67. The molecule has 0 saturated heterocycles. The van der Waals surface area contributed by atoms with E-state index in [0.29, 0.717) is 16.7 Å². The van der Waals surface area contributed by atoms with Gasteiger partial charge in [0.15, 0.2) is 5.43 Å². The predicted molar refractivity (Wildman–Crippen MR) is 103 cm³/mol. The van der Waals surface area contributed by atoms with E-state index in [1.165, 1.54) is 25.5 Å². The molecule has 1 N–H and O–H groups in total. The van der Waals surface area contributed by atoms with Crippen LogP contribution in [-0.2, 0) is 9.53 Å². The van der Waals surface area contributed by atoms with Crippen molar-refractivity contribution in [2.24, 2.45) is 0 Å². The van der Waals surface area contributed by atoms with Gasteiger partial charge in [0.05, 0.1) is 29.3 Å². The Morgan fingerprint density at radius 2 is 1.93 bits per heavy atom. The third-order valence-corrected chi connectivity index (χ3v) is 3.96. The largest absolute Gasteiger partial charge is 0.465 e. The zero-order valence-electron chi connectivity index (χ0n) is 14.8. The molecule has 0 spiro atoms. The molecule has 2 aromatic carbocycles. The Balaban J connectivity index is 1.84. The van der Waals surface area contributed by atoms with Crippen molar-refractivity contribution in [2.75, 3.05) is 12.4 Å². The summed E-state index contributed by atoms with van der Waals surface area (Å²) in [4.78, 5) is 36.5. The van der Waals surface area contributed by atoms with E-state index in [-0.39, 0.29) is 16.6 Å². The SMILES string of the molecule is COC(=O)c1ccccc1NC(=O)/C=C/c1coc2ccc(C)cc2c1=O. The van der Waals surface area contributed by atoms with Crippen LogP contribution in [0.4, 0.5) is 5.69 Å². The van der Waals surface area contributed by atoms with Crippen LogP contribution in [0.5, 0.6) is 0 Å². The maximum Gasteiger partial charge on any atom is 0.339 e. The van der Waals surface area contributed by atoms with Crippen molar-refractivity contribution in [1.82, 2.24) is 0 Å². The number of methoxy groups -OCH3 is 1. The summed E-state index contributed by atoms with van der Waals surface area (Å²) in [5.74, 6) is -1.05. The van der Waals surface area contributed by atoms with Gasteiger partial charge < -0.3 is 14.5 Å². The highest BCUT2D eigenvalue weighted by molar-refractivity contribution is 6.06. The molecule has 27 heavy (non-hydrogen) atoms. The number of hydrogen-bond donors (Lipinski definition) is 1. The molecule has 136 valence electrons. The van der Waals surface area contributed by atoms with Gasteiger partial charge in [-0.3, -0.25) is 9.59 Å². The predicted octanol–water partition coefficient (Wildman–Crippen LogP) is 3.54. The molecule has 0 aliphatic rings. The molecule has 0 saturated carbocycles. The number of esters is 1. The fourth-order valence-electron chi connectivity index (χ4n) is 2.59. The van der Waals surface area contributed by atoms with Gasteiger partial charge in [-0.25, -0.2) is 4.79 Å². The first kappa shape index (κ1) is 18.1. The Hall–Kier alpha value is -3.67. The number of rotatable bonds is 4. The minimum absolute atomic E-state index is 0.223. The van der Waals surface area contributed by atoms with Crippen LogP contribution in [0.3, 0.4) is 0 Å². The van der Waals surface area contributed by atoms with Crippen LogP contribution in [-0.4, -0.2) is 19.0 Å². The smallest absolute Gasteiger partial charge is 0.339 e. The van der Waals surface area contributed by atoms with Gasteiger partial charge in [0.1, 0.15) is 11.8 Å². The molecule has 6 nitrogen and oxygen atoms in total. The van der Waals surface area contributed by atoms with Gasteiger partial charge in [-0.2, -0.15) is 0 Å². The molecule has 0 unspecified atom stereocenters. The maximum atomic E-state index is 12.5. The molecule has 1 heterocycles. The Kier molecular flexibility index (Phi) is 5.17. The van der Waals surface area contributed by atoms with Crippen LogP contribution < -0.4 is 10.7 Å². The summed E-state index contributed by atoms with van der Waals surface area (Å²) in [6, 6.07) is 11.8. The number of hydrogen-bond acceptors (Lipinski definition) is 5. The second-order valence-corrected chi connectivity index (χ2v) is 5.88. The lowest BCUT2D eigenvalue weighted by atomic mass is 10.1. The number of carbonyl (C=O) groups is 2. The highest BCUT2D eigenvalue weighted by Crippen LogP contribution is 2.17. The van der Waals surface area contributed by atoms with Gasteiger partial charge in [-0.15, -0.1) is 0 Å². The second-order valence-electron chi connectivity index (χ2n) is 5.88. The molecule has 0 radical (unpaired) electrons. The molecule has 0 aliphatic heterocycles. The number of para-hydroxylation sites is 1. The fourth-order valence-corrected chi connectivity index (χ4v) is 2.59. The molecule has 1 amide bonds. The first-order chi connectivity index (χ1) is 13.0. The lowest BCUT2D eigenvalue weighted by Gasteiger charge is -2.07. The second kappa shape index (κ2) is 7.70. The average molecular weight is 363 g/mol. The van der Waals surface area contributed by atoms with Crippen molar-refractivity contribution in [3.05, 3.63) is 81.7 Å². The van der Waals surface area contributed by atoms with Gasteiger partial charge >= 0.3 is 5.97 Å². The number of amides is 1. The van der Waals surface area contributed by atoms with E-state index >= 15 is 0 Å². The molecule has 3 aromatic rings. The first-order valence-electron chi connectivity index (χ1n) is 8.18. The van der Waals surface area contributed by atoms with E-state index in [2.05, 4.69) is 5.32 Å². The van der Waals surface area contributed by atoms with Crippen molar-refractivity contribution in [3.8, 4) is 0 Å². The summed E-state index contributed by atoms with van der Waals surface area (Å²) >= 11 is 0.